The molecule has 9 heteroatoms. The number of hydrogen-bond acceptors (Lipinski definition) is 7. The van der Waals surface area contributed by atoms with Crippen molar-refractivity contribution in [3.63, 3.8) is 0 Å². The number of carbonyl (C=O) groups excluding carboxylic acids is 1. The maximum absolute atomic E-state index is 12.1. The number of benzene rings is 1. The molecule has 0 aliphatic heterocycles. The highest BCUT2D eigenvalue weighted by Crippen LogP contribution is 2.29. The first-order valence-corrected chi connectivity index (χ1v) is 9.70. The second kappa shape index (κ2) is 8.20. The van der Waals surface area contributed by atoms with Gasteiger partial charge in [0.2, 0.25) is 5.89 Å². The zero-order chi connectivity index (χ0) is 21.2. The second-order valence-electron chi connectivity index (χ2n) is 7.53. The Labute approximate surface area is 177 Å². The predicted octanol–water partition coefficient (Wildman–Crippen LogP) is 4.51. The van der Waals surface area contributed by atoms with Crippen LogP contribution in [0.4, 0.5) is 10.6 Å². The van der Waals surface area contributed by atoms with E-state index in [1.807, 2.05) is 45.0 Å². The Morgan fingerprint density at radius 1 is 1.21 bits per heavy atom. The largest absolute Gasteiger partial charge is 0.444 e. The van der Waals surface area contributed by atoms with Crippen LogP contribution in [0.5, 0.6) is 0 Å². The Morgan fingerprint density at radius 2 is 1.86 bits per heavy atom. The molecule has 0 saturated heterocycles. The smallest absolute Gasteiger partial charge is 0.410 e. The fourth-order valence-electron chi connectivity index (χ4n) is 2.50. The molecule has 2 heterocycles. The average Bonchev–Trinajstić information content (AvgIpc) is 3.13. The van der Waals surface area contributed by atoms with Crippen molar-refractivity contribution in [3.05, 3.63) is 46.6 Å². The van der Waals surface area contributed by atoms with Crippen molar-refractivity contribution >= 4 is 27.8 Å². The molecule has 0 aliphatic carbocycles. The molecule has 1 amide bonds. The summed E-state index contributed by atoms with van der Waals surface area (Å²) in [6.07, 6.45) is 1.23. The van der Waals surface area contributed by atoms with Gasteiger partial charge in [-0.1, -0.05) is 12.1 Å². The number of rotatable bonds is 4. The highest BCUT2D eigenvalue weighted by Gasteiger charge is 2.20. The van der Waals surface area contributed by atoms with Gasteiger partial charge >= 0.3 is 6.09 Å². The lowest BCUT2D eigenvalue weighted by atomic mass is 10.1. The van der Waals surface area contributed by atoms with Crippen molar-refractivity contribution in [1.82, 2.24) is 20.1 Å². The SMILES string of the molecule is CN(Cc1ccc(-c2nnc(-c3cc(Br)cnc3N)o2)cc1)C(=O)OC(C)(C)C. The highest BCUT2D eigenvalue weighted by atomic mass is 79.9. The Hall–Kier alpha value is -2.94. The van der Waals surface area contributed by atoms with E-state index in [0.717, 1.165) is 15.6 Å². The van der Waals surface area contributed by atoms with Gasteiger partial charge in [-0.25, -0.2) is 9.78 Å². The van der Waals surface area contributed by atoms with E-state index in [2.05, 4.69) is 31.1 Å². The monoisotopic (exact) mass is 459 g/mol. The molecule has 0 fully saturated rings. The third-order valence-corrected chi connectivity index (χ3v) is 4.30. The first-order valence-electron chi connectivity index (χ1n) is 8.91. The number of carbonyl (C=O) groups is 1. The topological polar surface area (TPSA) is 107 Å². The van der Waals surface area contributed by atoms with Crippen molar-refractivity contribution in [2.45, 2.75) is 32.9 Å². The number of anilines is 1. The number of amides is 1. The predicted molar refractivity (Wildman–Crippen MR) is 113 cm³/mol. The maximum Gasteiger partial charge on any atom is 0.410 e. The van der Waals surface area contributed by atoms with E-state index in [1.54, 1.807) is 19.3 Å². The molecule has 0 atom stereocenters. The summed E-state index contributed by atoms with van der Waals surface area (Å²) in [6.45, 7) is 5.93. The fourth-order valence-corrected chi connectivity index (χ4v) is 2.83. The van der Waals surface area contributed by atoms with Crippen LogP contribution in [0.1, 0.15) is 26.3 Å². The molecule has 1 aromatic carbocycles. The van der Waals surface area contributed by atoms with Crippen LogP contribution in [0.25, 0.3) is 22.9 Å². The van der Waals surface area contributed by atoms with Gasteiger partial charge in [-0.05, 0) is 60.5 Å². The van der Waals surface area contributed by atoms with E-state index in [-0.39, 0.29) is 6.09 Å². The summed E-state index contributed by atoms with van der Waals surface area (Å²) < 4.78 is 11.9. The van der Waals surface area contributed by atoms with Gasteiger partial charge in [0.25, 0.3) is 5.89 Å². The van der Waals surface area contributed by atoms with Crippen molar-refractivity contribution in [2.24, 2.45) is 0 Å². The summed E-state index contributed by atoms with van der Waals surface area (Å²) in [7, 11) is 1.70. The quantitative estimate of drug-likeness (QED) is 0.610. The van der Waals surface area contributed by atoms with Gasteiger partial charge in [0.1, 0.15) is 11.4 Å². The number of aromatic nitrogens is 3. The molecular weight excluding hydrogens is 438 g/mol. The van der Waals surface area contributed by atoms with Crippen LogP contribution in [0.3, 0.4) is 0 Å². The molecule has 8 nitrogen and oxygen atoms in total. The molecular formula is C20H22BrN5O3. The number of nitrogens with two attached hydrogens (primary N) is 1. The molecule has 0 bridgehead atoms. The minimum absolute atomic E-state index is 0.292. The normalized spacial score (nSPS) is 11.3. The summed E-state index contributed by atoms with van der Waals surface area (Å²) >= 11 is 3.35. The van der Waals surface area contributed by atoms with Gasteiger partial charge in [0, 0.05) is 29.8 Å². The van der Waals surface area contributed by atoms with Gasteiger partial charge in [0.05, 0.1) is 5.56 Å². The van der Waals surface area contributed by atoms with Crippen LogP contribution in [0.15, 0.2) is 45.4 Å². The zero-order valence-electron chi connectivity index (χ0n) is 16.6. The molecule has 0 spiro atoms. The molecule has 2 aromatic heterocycles. The van der Waals surface area contributed by atoms with Gasteiger partial charge in [0.15, 0.2) is 0 Å². The average molecular weight is 460 g/mol. The van der Waals surface area contributed by atoms with E-state index in [4.69, 9.17) is 14.9 Å². The first kappa shape index (κ1) is 20.8. The van der Waals surface area contributed by atoms with Crippen LogP contribution >= 0.6 is 15.9 Å². The van der Waals surface area contributed by atoms with Crippen molar-refractivity contribution < 1.29 is 13.9 Å². The van der Waals surface area contributed by atoms with Gasteiger partial charge in [-0.3, -0.25) is 0 Å². The number of pyridine rings is 1. The summed E-state index contributed by atoms with van der Waals surface area (Å²) in [5, 5.41) is 8.16. The Bertz CT molecular complexity index is 1010. The lowest BCUT2D eigenvalue weighted by Crippen LogP contribution is -2.33. The second-order valence-corrected chi connectivity index (χ2v) is 8.45. The van der Waals surface area contributed by atoms with E-state index < -0.39 is 5.60 Å². The van der Waals surface area contributed by atoms with Crippen LogP contribution in [-0.2, 0) is 11.3 Å². The Kier molecular flexibility index (Phi) is 5.88. The van der Waals surface area contributed by atoms with E-state index in [0.29, 0.717) is 29.7 Å². The molecule has 0 radical (unpaired) electrons. The number of ether oxygens (including phenoxy) is 1. The molecule has 152 valence electrons. The molecule has 0 unspecified atom stereocenters. The summed E-state index contributed by atoms with van der Waals surface area (Å²) in [6, 6.07) is 9.29. The van der Waals surface area contributed by atoms with Crippen molar-refractivity contribution in [2.75, 3.05) is 12.8 Å². The number of nitrogen functional groups attached to an aromatic ring is 1. The zero-order valence-corrected chi connectivity index (χ0v) is 18.2. The molecule has 29 heavy (non-hydrogen) atoms. The van der Waals surface area contributed by atoms with Crippen molar-refractivity contribution in [1.29, 1.82) is 0 Å². The van der Waals surface area contributed by atoms with Crippen LogP contribution in [0.2, 0.25) is 0 Å². The lowest BCUT2D eigenvalue weighted by molar-refractivity contribution is 0.0285. The minimum atomic E-state index is -0.530. The summed E-state index contributed by atoms with van der Waals surface area (Å²) in [5.74, 6) is 0.968. The van der Waals surface area contributed by atoms with Gasteiger partial charge in [-0.2, -0.15) is 0 Å². The third kappa shape index (κ3) is 5.32. The molecule has 0 aliphatic rings. The molecule has 3 aromatic rings. The maximum atomic E-state index is 12.1. The highest BCUT2D eigenvalue weighted by molar-refractivity contribution is 9.10. The molecule has 3 rings (SSSR count). The first-order chi connectivity index (χ1) is 13.6. The van der Waals surface area contributed by atoms with Crippen molar-refractivity contribution in [3.8, 4) is 22.9 Å². The van der Waals surface area contributed by atoms with E-state index in [1.165, 1.54) is 4.90 Å². The summed E-state index contributed by atoms with van der Waals surface area (Å²) in [5.41, 5.74) is 7.63. The van der Waals surface area contributed by atoms with Crippen LogP contribution in [0, 0.1) is 0 Å². The third-order valence-electron chi connectivity index (χ3n) is 3.87. The van der Waals surface area contributed by atoms with Crippen LogP contribution < -0.4 is 5.73 Å². The summed E-state index contributed by atoms with van der Waals surface area (Å²) in [4.78, 5) is 17.7. The fraction of sp³-hybridized carbons (Fsp3) is 0.300. The minimum Gasteiger partial charge on any atom is -0.444 e. The van der Waals surface area contributed by atoms with Gasteiger partial charge in [-0.15, -0.1) is 10.2 Å². The number of halogens is 1. The van der Waals surface area contributed by atoms with E-state index in [9.17, 15) is 4.79 Å². The Morgan fingerprint density at radius 3 is 2.52 bits per heavy atom. The molecule has 0 saturated carbocycles. The number of hydrogen-bond donors (Lipinski definition) is 1. The number of nitrogens with zero attached hydrogens (tertiary/aromatic N) is 4. The van der Waals surface area contributed by atoms with E-state index >= 15 is 0 Å². The Balaban J connectivity index is 1.72. The van der Waals surface area contributed by atoms with Crippen LogP contribution in [-0.4, -0.2) is 38.8 Å². The van der Waals surface area contributed by atoms with Gasteiger partial charge < -0.3 is 19.8 Å². The lowest BCUT2D eigenvalue weighted by Gasteiger charge is -2.24. The standard InChI is InChI=1S/C20H22BrN5O3/c1-20(2,3)29-19(27)26(4)11-12-5-7-13(8-6-12)17-24-25-18(28-17)15-9-14(21)10-23-16(15)22/h5-10H,11H2,1-4H3,(H2,22,23). The molecule has 2 N–H and O–H groups in total.